The van der Waals surface area contributed by atoms with E-state index in [1.165, 1.54) is 44.9 Å². The molecule has 0 aromatic heterocycles. The van der Waals surface area contributed by atoms with Crippen molar-refractivity contribution < 1.29 is 14.7 Å². The molecule has 0 bridgehead atoms. The van der Waals surface area contributed by atoms with E-state index < -0.39 is 12.0 Å². The highest BCUT2D eigenvalue weighted by atomic mass is 16.4. The SMILES string of the molecule is CC/C=C/CCCCCCCCCCC(=O)NCCCC[C@H](N)C(=O)O. The number of hydrogen-bond donors (Lipinski definition) is 3. The summed E-state index contributed by atoms with van der Waals surface area (Å²) in [5.41, 5.74) is 5.43. The first-order valence-electron chi connectivity index (χ1n) is 10.5. The van der Waals surface area contributed by atoms with Gasteiger partial charge in [-0.25, -0.2) is 0 Å². The second kappa shape index (κ2) is 18.4. The van der Waals surface area contributed by atoms with Gasteiger partial charge in [0.05, 0.1) is 0 Å². The van der Waals surface area contributed by atoms with Gasteiger partial charge in [0.25, 0.3) is 0 Å². The van der Waals surface area contributed by atoms with Crippen LogP contribution in [0.25, 0.3) is 0 Å². The molecule has 0 radical (unpaired) electrons. The third-order valence-electron chi connectivity index (χ3n) is 4.51. The Balaban J connectivity index is 3.26. The Morgan fingerprint density at radius 3 is 2.15 bits per heavy atom. The quantitative estimate of drug-likeness (QED) is 0.244. The second-order valence-corrected chi connectivity index (χ2v) is 7.04. The third kappa shape index (κ3) is 17.5. The van der Waals surface area contributed by atoms with Crippen LogP contribution in [0.3, 0.4) is 0 Å². The molecule has 5 nitrogen and oxygen atoms in total. The molecule has 0 saturated carbocycles. The maximum absolute atomic E-state index is 11.7. The summed E-state index contributed by atoms with van der Waals surface area (Å²) in [6, 6.07) is -0.788. The van der Waals surface area contributed by atoms with Crippen molar-refractivity contribution >= 4 is 11.9 Å². The molecule has 0 unspecified atom stereocenters. The van der Waals surface area contributed by atoms with Gasteiger partial charge in [-0.2, -0.15) is 0 Å². The van der Waals surface area contributed by atoms with Crippen molar-refractivity contribution in [2.24, 2.45) is 5.73 Å². The van der Waals surface area contributed by atoms with Gasteiger partial charge in [-0.3, -0.25) is 9.59 Å². The van der Waals surface area contributed by atoms with Gasteiger partial charge < -0.3 is 16.2 Å². The molecule has 0 spiro atoms. The summed E-state index contributed by atoms with van der Waals surface area (Å²) in [6.07, 6.45) is 19.3. The van der Waals surface area contributed by atoms with E-state index in [9.17, 15) is 9.59 Å². The highest BCUT2D eigenvalue weighted by Gasteiger charge is 2.10. The van der Waals surface area contributed by atoms with Gasteiger partial charge in [-0.15, -0.1) is 0 Å². The molecule has 0 saturated heterocycles. The lowest BCUT2D eigenvalue weighted by Crippen LogP contribution is -2.30. The first-order valence-corrected chi connectivity index (χ1v) is 10.5. The zero-order valence-corrected chi connectivity index (χ0v) is 16.7. The monoisotopic (exact) mass is 368 g/mol. The molecule has 4 N–H and O–H groups in total. The van der Waals surface area contributed by atoms with Crippen molar-refractivity contribution in [1.82, 2.24) is 5.32 Å². The molecule has 1 atom stereocenters. The summed E-state index contributed by atoms with van der Waals surface area (Å²) < 4.78 is 0. The summed E-state index contributed by atoms with van der Waals surface area (Å²) in [5.74, 6) is -0.856. The smallest absolute Gasteiger partial charge is 0.320 e. The third-order valence-corrected chi connectivity index (χ3v) is 4.51. The topological polar surface area (TPSA) is 92.4 Å². The van der Waals surface area contributed by atoms with Crippen LogP contribution >= 0.6 is 0 Å². The average molecular weight is 369 g/mol. The molecule has 26 heavy (non-hydrogen) atoms. The number of hydrogen-bond acceptors (Lipinski definition) is 3. The number of carboxylic acids is 1. The number of allylic oxidation sites excluding steroid dienone is 2. The molecule has 0 aliphatic heterocycles. The van der Waals surface area contributed by atoms with Crippen molar-refractivity contribution in [2.45, 2.75) is 103 Å². The number of carbonyl (C=O) groups excluding carboxylic acids is 1. The molecule has 5 heteroatoms. The van der Waals surface area contributed by atoms with Crippen LogP contribution in [0.2, 0.25) is 0 Å². The number of nitrogens with one attached hydrogen (secondary N) is 1. The van der Waals surface area contributed by atoms with Crippen LogP contribution in [-0.4, -0.2) is 29.6 Å². The lowest BCUT2D eigenvalue weighted by Gasteiger charge is -2.07. The Kier molecular flexibility index (Phi) is 17.5. The molecule has 152 valence electrons. The van der Waals surface area contributed by atoms with Crippen LogP contribution < -0.4 is 11.1 Å². The molecule has 0 fully saturated rings. The first-order chi connectivity index (χ1) is 12.6. The van der Waals surface area contributed by atoms with Crippen LogP contribution in [0.4, 0.5) is 0 Å². The fraction of sp³-hybridized carbons (Fsp3) is 0.810. The Morgan fingerprint density at radius 2 is 1.54 bits per heavy atom. The van der Waals surface area contributed by atoms with Crippen LogP contribution in [0.1, 0.15) is 96.8 Å². The van der Waals surface area contributed by atoms with E-state index >= 15 is 0 Å². The first kappa shape index (κ1) is 24.6. The maximum atomic E-state index is 11.7. The molecule has 0 rings (SSSR count). The van der Waals surface area contributed by atoms with Gasteiger partial charge in [-0.1, -0.05) is 57.6 Å². The van der Waals surface area contributed by atoms with Crippen molar-refractivity contribution in [3.63, 3.8) is 0 Å². The lowest BCUT2D eigenvalue weighted by atomic mass is 10.1. The Bertz CT molecular complexity index is 383. The second-order valence-electron chi connectivity index (χ2n) is 7.04. The van der Waals surface area contributed by atoms with Crippen LogP contribution in [-0.2, 0) is 9.59 Å². The Labute approximate surface area is 159 Å². The number of nitrogens with two attached hydrogens (primary N) is 1. The molecule has 0 aromatic carbocycles. The molecule has 0 heterocycles. The zero-order chi connectivity index (χ0) is 19.5. The van der Waals surface area contributed by atoms with Gasteiger partial charge in [0.2, 0.25) is 5.91 Å². The minimum Gasteiger partial charge on any atom is -0.480 e. The van der Waals surface area contributed by atoms with Crippen LogP contribution in [0.15, 0.2) is 12.2 Å². The predicted octanol–water partition coefficient (Wildman–Crippen LogP) is 4.55. The Morgan fingerprint density at radius 1 is 0.923 bits per heavy atom. The largest absolute Gasteiger partial charge is 0.480 e. The maximum Gasteiger partial charge on any atom is 0.320 e. The minimum absolute atomic E-state index is 0.104. The van der Waals surface area contributed by atoms with E-state index in [-0.39, 0.29) is 5.91 Å². The van der Waals surface area contributed by atoms with E-state index in [2.05, 4.69) is 24.4 Å². The lowest BCUT2D eigenvalue weighted by molar-refractivity contribution is -0.138. The number of carboxylic acid groups (broad SMARTS) is 1. The number of amides is 1. The van der Waals surface area contributed by atoms with E-state index in [4.69, 9.17) is 10.8 Å². The summed E-state index contributed by atoms with van der Waals surface area (Å²) in [5, 5.41) is 11.6. The van der Waals surface area contributed by atoms with Crippen LogP contribution in [0.5, 0.6) is 0 Å². The van der Waals surface area contributed by atoms with Gasteiger partial charge in [0.1, 0.15) is 6.04 Å². The van der Waals surface area contributed by atoms with E-state index in [1.807, 2.05) is 0 Å². The summed E-state index contributed by atoms with van der Waals surface area (Å²) in [6.45, 7) is 2.78. The molecule has 0 aliphatic carbocycles. The average Bonchev–Trinajstić information content (AvgIpc) is 2.62. The van der Waals surface area contributed by atoms with Gasteiger partial charge >= 0.3 is 5.97 Å². The molecular formula is C21H40N2O3. The molecule has 0 aromatic rings. The van der Waals surface area contributed by atoms with Crippen molar-refractivity contribution in [1.29, 1.82) is 0 Å². The summed E-state index contributed by atoms with van der Waals surface area (Å²) in [4.78, 5) is 22.3. The van der Waals surface area contributed by atoms with Gasteiger partial charge in [0, 0.05) is 13.0 Å². The molecule has 0 aliphatic rings. The van der Waals surface area contributed by atoms with Crippen molar-refractivity contribution in [2.75, 3.05) is 6.54 Å². The predicted molar refractivity (Wildman–Crippen MR) is 108 cm³/mol. The highest BCUT2D eigenvalue weighted by molar-refractivity contribution is 5.75. The van der Waals surface area contributed by atoms with Crippen molar-refractivity contribution in [3.05, 3.63) is 12.2 Å². The standard InChI is InChI=1S/C21H40N2O3/c1-2-3-4-5-6-7-8-9-10-11-12-13-17-20(24)23-18-15-14-16-19(22)21(25)26/h3-4,19H,2,5-18,22H2,1H3,(H,23,24)(H,25,26)/b4-3+/t19-/m0/s1. The summed E-state index contributed by atoms with van der Waals surface area (Å²) >= 11 is 0. The van der Waals surface area contributed by atoms with Gasteiger partial charge in [0.15, 0.2) is 0 Å². The number of carbonyl (C=O) groups is 2. The fourth-order valence-electron chi connectivity index (χ4n) is 2.82. The van der Waals surface area contributed by atoms with E-state index in [1.54, 1.807) is 0 Å². The normalized spacial score (nSPS) is 12.4. The zero-order valence-electron chi connectivity index (χ0n) is 16.7. The fourth-order valence-corrected chi connectivity index (χ4v) is 2.82. The van der Waals surface area contributed by atoms with Crippen molar-refractivity contribution in [3.8, 4) is 0 Å². The van der Waals surface area contributed by atoms with E-state index in [0.29, 0.717) is 19.4 Å². The minimum atomic E-state index is -0.960. The highest BCUT2D eigenvalue weighted by Crippen LogP contribution is 2.11. The number of aliphatic carboxylic acids is 1. The molecular weight excluding hydrogens is 328 g/mol. The van der Waals surface area contributed by atoms with Crippen LogP contribution in [0, 0.1) is 0 Å². The number of rotatable bonds is 18. The van der Waals surface area contributed by atoms with E-state index in [0.717, 1.165) is 32.1 Å². The molecule has 1 amide bonds. The summed E-state index contributed by atoms with van der Waals surface area (Å²) in [7, 11) is 0. The number of unbranched alkanes of at least 4 members (excludes halogenated alkanes) is 9. The van der Waals surface area contributed by atoms with Gasteiger partial charge in [-0.05, 0) is 44.9 Å². The Hall–Kier alpha value is -1.36.